The van der Waals surface area contributed by atoms with Crippen LogP contribution in [0.1, 0.15) is 0 Å². The Labute approximate surface area is 289 Å². The molecule has 0 spiro atoms. The lowest BCUT2D eigenvalue weighted by Crippen LogP contribution is -2.18. The Morgan fingerprint density at radius 2 is 1.06 bits per heavy atom. The molecule has 0 saturated heterocycles. The van der Waals surface area contributed by atoms with Gasteiger partial charge in [-0.15, -0.1) is 22.7 Å². The van der Waals surface area contributed by atoms with Crippen molar-refractivity contribution in [3.63, 3.8) is 0 Å². The molecule has 0 radical (unpaired) electrons. The van der Waals surface area contributed by atoms with Crippen molar-refractivity contribution in [3.05, 3.63) is 146 Å². The van der Waals surface area contributed by atoms with E-state index in [9.17, 15) is 0 Å². The van der Waals surface area contributed by atoms with Crippen LogP contribution in [0.25, 0.3) is 85.0 Å². The summed E-state index contributed by atoms with van der Waals surface area (Å²) in [6.45, 7) is 0. The maximum absolute atomic E-state index is 5.35. The predicted octanol–water partition coefficient (Wildman–Crippen LogP) is 12.5. The number of fused-ring (bicyclic) bond motifs is 8. The topological polar surface area (TPSA) is 41.9 Å². The highest BCUT2D eigenvalue weighted by Crippen LogP contribution is 2.50. The van der Waals surface area contributed by atoms with Gasteiger partial charge in [-0.25, -0.2) is 4.98 Å². The molecule has 10 aromatic rings. The van der Waals surface area contributed by atoms with Crippen molar-refractivity contribution >= 4 is 91.1 Å². The fourth-order valence-electron chi connectivity index (χ4n) is 7.48. The first-order valence-corrected chi connectivity index (χ1v) is 17.9. The molecule has 0 N–H and O–H groups in total. The average molecular weight is 661 g/mol. The first kappa shape index (κ1) is 27.0. The fraction of sp³-hybridized carbons (Fsp3) is 0. The van der Waals surface area contributed by atoms with Gasteiger partial charge in [0, 0.05) is 62.4 Å². The average Bonchev–Trinajstić information content (AvgIpc) is 3.73. The van der Waals surface area contributed by atoms with E-state index in [-0.39, 0.29) is 0 Å². The summed E-state index contributed by atoms with van der Waals surface area (Å²) in [5.74, 6) is 1.91. The Hall–Kier alpha value is -5.95. The van der Waals surface area contributed by atoms with Crippen molar-refractivity contribution in [3.8, 4) is 33.9 Å². The molecule has 0 unspecified atom stereocenters. The largest absolute Gasteiger partial charge is 0.278 e. The molecule has 7 aromatic carbocycles. The highest BCUT2D eigenvalue weighted by molar-refractivity contribution is 7.26. The molecule has 3 aromatic heterocycles. The Balaban J connectivity index is 1.21. The van der Waals surface area contributed by atoms with Gasteiger partial charge in [-0.2, -0.15) is 9.97 Å². The molecule has 0 atom stereocenters. The van der Waals surface area contributed by atoms with Crippen LogP contribution < -0.4 is 4.90 Å². The number of thiophene rings is 2. The van der Waals surface area contributed by atoms with Crippen LogP contribution in [-0.4, -0.2) is 15.0 Å². The second-order valence-corrected chi connectivity index (χ2v) is 14.5. The maximum Gasteiger partial charge on any atom is 0.238 e. The van der Waals surface area contributed by atoms with Gasteiger partial charge >= 0.3 is 0 Å². The number of hydrogen-bond donors (Lipinski definition) is 0. The second-order valence-electron chi connectivity index (χ2n) is 12.4. The van der Waals surface area contributed by atoms with E-state index in [0.717, 1.165) is 28.1 Å². The molecule has 49 heavy (non-hydrogen) atoms. The van der Waals surface area contributed by atoms with Gasteiger partial charge in [-0.3, -0.25) is 4.90 Å². The Morgan fingerprint density at radius 1 is 0.429 bits per heavy atom. The Kier molecular flexibility index (Phi) is 5.67. The molecular formula is C43H24N4S2. The molecule has 0 aliphatic carbocycles. The highest BCUT2D eigenvalue weighted by atomic mass is 32.1. The van der Waals surface area contributed by atoms with E-state index < -0.39 is 0 Å². The third kappa shape index (κ3) is 3.99. The number of para-hydroxylation sites is 1. The number of nitrogens with zero attached hydrogens (tertiary/aromatic N) is 4. The molecule has 11 rings (SSSR count). The van der Waals surface area contributed by atoms with Crippen molar-refractivity contribution in [1.82, 2.24) is 15.0 Å². The monoisotopic (exact) mass is 660 g/mol. The first-order chi connectivity index (χ1) is 24.3. The smallest absolute Gasteiger partial charge is 0.238 e. The molecule has 1 aliphatic heterocycles. The summed E-state index contributed by atoms with van der Waals surface area (Å²) in [6.07, 6.45) is 0. The van der Waals surface area contributed by atoms with Gasteiger partial charge in [0.1, 0.15) is 0 Å². The molecule has 0 fully saturated rings. The van der Waals surface area contributed by atoms with Crippen LogP contribution in [0.5, 0.6) is 0 Å². The molecule has 4 nitrogen and oxygen atoms in total. The lowest BCUT2D eigenvalue weighted by atomic mass is 9.91. The molecular weight excluding hydrogens is 637 g/mol. The zero-order valence-corrected chi connectivity index (χ0v) is 27.6. The number of rotatable bonds is 3. The van der Waals surface area contributed by atoms with Crippen LogP contribution in [-0.2, 0) is 0 Å². The number of hydrogen-bond acceptors (Lipinski definition) is 6. The zero-order chi connectivity index (χ0) is 32.1. The quantitative estimate of drug-likeness (QED) is 0.189. The molecule has 228 valence electrons. The van der Waals surface area contributed by atoms with Gasteiger partial charge in [0.2, 0.25) is 5.95 Å². The zero-order valence-electron chi connectivity index (χ0n) is 26.0. The molecule has 0 amide bonds. The lowest BCUT2D eigenvalue weighted by Gasteiger charge is -2.32. The van der Waals surface area contributed by atoms with Crippen molar-refractivity contribution < 1.29 is 0 Å². The van der Waals surface area contributed by atoms with E-state index in [1.54, 1.807) is 11.3 Å². The van der Waals surface area contributed by atoms with Crippen molar-refractivity contribution in [2.75, 3.05) is 4.90 Å². The van der Waals surface area contributed by atoms with E-state index in [1.807, 2.05) is 11.3 Å². The minimum Gasteiger partial charge on any atom is -0.278 e. The molecule has 0 bridgehead atoms. The van der Waals surface area contributed by atoms with E-state index in [1.165, 1.54) is 56.7 Å². The molecule has 4 heterocycles. The van der Waals surface area contributed by atoms with Gasteiger partial charge in [-0.05, 0) is 59.5 Å². The van der Waals surface area contributed by atoms with Crippen molar-refractivity contribution in [1.29, 1.82) is 0 Å². The maximum atomic E-state index is 5.35. The summed E-state index contributed by atoms with van der Waals surface area (Å²) in [7, 11) is 0. The summed E-state index contributed by atoms with van der Waals surface area (Å²) >= 11 is 3.61. The van der Waals surface area contributed by atoms with Gasteiger partial charge in [0.15, 0.2) is 11.6 Å². The van der Waals surface area contributed by atoms with Gasteiger partial charge in [-0.1, -0.05) is 97.1 Å². The predicted molar refractivity (Wildman–Crippen MR) is 208 cm³/mol. The van der Waals surface area contributed by atoms with Crippen LogP contribution in [0.3, 0.4) is 0 Å². The van der Waals surface area contributed by atoms with Gasteiger partial charge < -0.3 is 0 Å². The Bertz CT molecular complexity index is 2970. The van der Waals surface area contributed by atoms with E-state index in [2.05, 4.69) is 150 Å². The minimum absolute atomic E-state index is 0.600. The number of anilines is 3. The Morgan fingerprint density at radius 3 is 1.96 bits per heavy atom. The fourth-order valence-corrected chi connectivity index (χ4v) is 9.77. The van der Waals surface area contributed by atoms with E-state index in [4.69, 9.17) is 15.0 Å². The number of aromatic nitrogens is 3. The summed E-state index contributed by atoms with van der Waals surface area (Å²) in [5.41, 5.74) is 6.47. The van der Waals surface area contributed by atoms with Crippen LogP contribution >= 0.6 is 22.7 Å². The van der Waals surface area contributed by atoms with Crippen LogP contribution in [0, 0.1) is 0 Å². The molecule has 1 aliphatic rings. The summed E-state index contributed by atoms with van der Waals surface area (Å²) in [6, 6.07) is 51.9. The standard InChI is InChI=1S/C43H24N4S2/c1-4-18-34-27(12-1)30-15-7-10-25-11-8-19-35(39(25)30)47(34)43-45-41(26-22-23-38-33(24-26)29-14-3-5-20-36(29)48-38)44-42(46-43)32-17-9-16-31-28-13-2-6-21-37(28)49-40(31)32/h1-24H. The van der Waals surface area contributed by atoms with Crippen molar-refractivity contribution in [2.45, 2.75) is 0 Å². The minimum atomic E-state index is 0.600. The summed E-state index contributed by atoms with van der Waals surface area (Å²) < 4.78 is 4.96. The van der Waals surface area contributed by atoms with Crippen LogP contribution in [0.15, 0.2) is 146 Å². The summed E-state index contributed by atoms with van der Waals surface area (Å²) in [5, 5.41) is 7.33. The van der Waals surface area contributed by atoms with E-state index in [0.29, 0.717) is 17.6 Å². The third-order valence-corrected chi connectivity index (χ3v) is 12.0. The summed E-state index contributed by atoms with van der Waals surface area (Å²) in [4.78, 5) is 18.2. The van der Waals surface area contributed by atoms with Gasteiger partial charge in [0.05, 0.1) is 11.4 Å². The van der Waals surface area contributed by atoms with Crippen LogP contribution in [0.4, 0.5) is 17.3 Å². The lowest BCUT2D eigenvalue weighted by molar-refractivity contribution is 1.03. The molecule has 6 heteroatoms. The molecule has 0 saturated carbocycles. The highest BCUT2D eigenvalue weighted by Gasteiger charge is 2.28. The normalized spacial score (nSPS) is 12.4. The number of benzene rings is 7. The van der Waals surface area contributed by atoms with Gasteiger partial charge in [0.25, 0.3) is 0 Å². The second kappa shape index (κ2) is 10.3. The SMILES string of the molecule is c1ccc2c(c1)-c1cccc3cccc(c13)N2c1nc(-c2ccc3sc4ccccc4c3c2)nc(-c2cccc3c2sc2ccccc23)n1. The first-order valence-electron chi connectivity index (χ1n) is 16.3. The third-order valence-electron chi connectivity index (χ3n) is 9.66. The van der Waals surface area contributed by atoms with Crippen molar-refractivity contribution in [2.24, 2.45) is 0 Å². The van der Waals surface area contributed by atoms with Crippen LogP contribution in [0.2, 0.25) is 0 Å². The van der Waals surface area contributed by atoms with E-state index >= 15 is 0 Å².